The number of amides is 1. The first kappa shape index (κ1) is 11.7. The summed E-state index contributed by atoms with van der Waals surface area (Å²) in [4.78, 5) is 11.3. The lowest BCUT2D eigenvalue weighted by Crippen LogP contribution is -2.43. The lowest BCUT2D eigenvalue weighted by Gasteiger charge is -2.15. The van der Waals surface area contributed by atoms with Crippen molar-refractivity contribution in [3.63, 3.8) is 0 Å². The lowest BCUT2D eigenvalue weighted by molar-refractivity contribution is -0.122. The molecule has 0 aromatic heterocycles. The van der Waals surface area contributed by atoms with Crippen LogP contribution in [0, 0.1) is 0 Å². The van der Waals surface area contributed by atoms with E-state index in [9.17, 15) is 4.79 Å². The number of rotatable bonds is 4. The van der Waals surface area contributed by atoms with Crippen LogP contribution in [-0.4, -0.2) is 18.0 Å². The molecule has 1 amide bonds. The van der Waals surface area contributed by atoms with Gasteiger partial charge in [0.15, 0.2) is 0 Å². The average molecular weight is 206 g/mol. The smallest absolute Gasteiger partial charge is 0.236 e. The Balaban J connectivity index is 2.43. The van der Waals surface area contributed by atoms with Crippen molar-refractivity contribution in [1.29, 1.82) is 0 Å². The van der Waals surface area contributed by atoms with E-state index in [1.165, 1.54) is 5.56 Å². The van der Waals surface area contributed by atoms with Gasteiger partial charge >= 0.3 is 0 Å². The maximum atomic E-state index is 11.3. The fraction of sp³-hybridized carbons (Fsp3) is 0.417. The number of nitrogens with two attached hydrogens (primary N) is 1. The first-order chi connectivity index (χ1) is 7.09. The van der Waals surface area contributed by atoms with Gasteiger partial charge in [-0.3, -0.25) is 4.79 Å². The summed E-state index contributed by atoms with van der Waals surface area (Å²) >= 11 is 0. The summed E-state index contributed by atoms with van der Waals surface area (Å²) in [6.07, 6.45) is 0.833. The Kier molecular flexibility index (Phi) is 4.31. The van der Waals surface area contributed by atoms with E-state index in [0.717, 1.165) is 6.42 Å². The first-order valence-corrected chi connectivity index (χ1v) is 5.19. The predicted octanol–water partition coefficient (Wildman–Crippen LogP) is 1.08. The maximum Gasteiger partial charge on any atom is 0.236 e. The standard InChI is InChI=1S/C12H18N2O/c1-9(14-12(15)10(2)13)8-11-6-4-3-5-7-11/h3-7,9-10H,8,13H2,1-2H3,(H,14,15). The number of carbonyl (C=O) groups is 1. The predicted molar refractivity (Wildman–Crippen MR) is 61.4 cm³/mol. The quantitative estimate of drug-likeness (QED) is 0.774. The van der Waals surface area contributed by atoms with Crippen molar-refractivity contribution in [2.75, 3.05) is 0 Å². The topological polar surface area (TPSA) is 55.1 Å². The Labute approximate surface area is 90.7 Å². The van der Waals surface area contributed by atoms with E-state index in [4.69, 9.17) is 5.73 Å². The second-order valence-electron chi connectivity index (χ2n) is 3.89. The third-order valence-corrected chi connectivity index (χ3v) is 2.19. The molecule has 0 bridgehead atoms. The Morgan fingerprint density at radius 1 is 1.33 bits per heavy atom. The van der Waals surface area contributed by atoms with Gasteiger partial charge in [0.1, 0.15) is 0 Å². The zero-order valence-electron chi connectivity index (χ0n) is 9.23. The van der Waals surface area contributed by atoms with Crippen LogP contribution in [0.15, 0.2) is 30.3 Å². The van der Waals surface area contributed by atoms with E-state index >= 15 is 0 Å². The van der Waals surface area contributed by atoms with E-state index < -0.39 is 6.04 Å². The molecule has 0 saturated carbocycles. The fourth-order valence-corrected chi connectivity index (χ4v) is 1.39. The van der Waals surface area contributed by atoms with E-state index in [1.54, 1.807) is 6.92 Å². The van der Waals surface area contributed by atoms with Crippen LogP contribution in [-0.2, 0) is 11.2 Å². The molecule has 82 valence electrons. The van der Waals surface area contributed by atoms with Gasteiger partial charge in [0.25, 0.3) is 0 Å². The van der Waals surface area contributed by atoms with Crippen LogP contribution in [0.5, 0.6) is 0 Å². The highest BCUT2D eigenvalue weighted by Crippen LogP contribution is 2.02. The fourth-order valence-electron chi connectivity index (χ4n) is 1.39. The van der Waals surface area contributed by atoms with Gasteiger partial charge in [0.2, 0.25) is 5.91 Å². The summed E-state index contributed by atoms with van der Waals surface area (Å²) in [5, 5.41) is 2.86. The van der Waals surface area contributed by atoms with E-state index in [-0.39, 0.29) is 11.9 Å². The van der Waals surface area contributed by atoms with Crippen molar-refractivity contribution >= 4 is 5.91 Å². The maximum absolute atomic E-state index is 11.3. The molecule has 2 atom stereocenters. The molecule has 0 aliphatic carbocycles. The van der Waals surface area contributed by atoms with Crippen molar-refractivity contribution in [2.45, 2.75) is 32.4 Å². The molecule has 2 unspecified atom stereocenters. The summed E-state index contributed by atoms with van der Waals surface area (Å²) in [6, 6.07) is 9.75. The zero-order valence-corrected chi connectivity index (χ0v) is 9.23. The SMILES string of the molecule is CC(Cc1ccccc1)NC(=O)C(C)N. The lowest BCUT2D eigenvalue weighted by atomic mass is 10.1. The van der Waals surface area contributed by atoms with Crippen molar-refractivity contribution in [3.8, 4) is 0 Å². The van der Waals surface area contributed by atoms with Crippen LogP contribution in [0.4, 0.5) is 0 Å². The van der Waals surface area contributed by atoms with Gasteiger partial charge < -0.3 is 11.1 Å². The Hall–Kier alpha value is -1.35. The molecule has 3 nitrogen and oxygen atoms in total. The van der Waals surface area contributed by atoms with Gasteiger partial charge in [0, 0.05) is 6.04 Å². The molecule has 3 heteroatoms. The molecule has 3 N–H and O–H groups in total. The normalized spacial score (nSPS) is 14.3. The van der Waals surface area contributed by atoms with Crippen molar-refractivity contribution in [3.05, 3.63) is 35.9 Å². The van der Waals surface area contributed by atoms with Crippen LogP contribution in [0.25, 0.3) is 0 Å². The molecule has 0 radical (unpaired) electrons. The van der Waals surface area contributed by atoms with E-state index in [1.807, 2.05) is 25.1 Å². The number of benzene rings is 1. The van der Waals surface area contributed by atoms with Crippen LogP contribution < -0.4 is 11.1 Å². The Bertz CT molecular complexity index is 309. The molecular weight excluding hydrogens is 188 g/mol. The molecule has 1 aromatic carbocycles. The summed E-state index contributed by atoms with van der Waals surface area (Å²) in [5.74, 6) is -0.0987. The number of nitrogens with one attached hydrogen (secondary N) is 1. The highest BCUT2D eigenvalue weighted by atomic mass is 16.2. The van der Waals surface area contributed by atoms with Gasteiger partial charge in [-0.25, -0.2) is 0 Å². The summed E-state index contributed by atoms with van der Waals surface area (Å²) in [6.45, 7) is 3.66. The van der Waals surface area contributed by atoms with Crippen LogP contribution >= 0.6 is 0 Å². The van der Waals surface area contributed by atoms with Crippen LogP contribution in [0.3, 0.4) is 0 Å². The second kappa shape index (κ2) is 5.51. The molecule has 0 heterocycles. The molecule has 0 aliphatic heterocycles. The molecule has 1 rings (SSSR count). The largest absolute Gasteiger partial charge is 0.352 e. The molecule has 15 heavy (non-hydrogen) atoms. The second-order valence-corrected chi connectivity index (χ2v) is 3.89. The Morgan fingerprint density at radius 3 is 2.47 bits per heavy atom. The summed E-state index contributed by atoms with van der Waals surface area (Å²) in [7, 11) is 0. The summed E-state index contributed by atoms with van der Waals surface area (Å²) in [5.41, 5.74) is 6.68. The molecule has 0 aliphatic rings. The van der Waals surface area contributed by atoms with Crippen molar-refractivity contribution < 1.29 is 4.79 Å². The minimum Gasteiger partial charge on any atom is -0.352 e. The molecular formula is C12H18N2O. The van der Waals surface area contributed by atoms with E-state index in [2.05, 4.69) is 17.4 Å². The Morgan fingerprint density at radius 2 is 1.93 bits per heavy atom. The van der Waals surface area contributed by atoms with Crippen LogP contribution in [0.2, 0.25) is 0 Å². The minimum absolute atomic E-state index is 0.0987. The number of hydrogen-bond donors (Lipinski definition) is 2. The van der Waals surface area contributed by atoms with Gasteiger partial charge in [0.05, 0.1) is 6.04 Å². The first-order valence-electron chi connectivity index (χ1n) is 5.19. The molecule has 1 aromatic rings. The highest BCUT2D eigenvalue weighted by molar-refractivity contribution is 5.81. The highest BCUT2D eigenvalue weighted by Gasteiger charge is 2.10. The third-order valence-electron chi connectivity index (χ3n) is 2.19. The minimum atomic E-state index is -0.441. The van der Waals surface area contributed by atoms with Gasteiger partial charge in [-0.2, -0.15) is 0 Å². The average Bonchev–Trinajstić information content (AvgIpc) is 2.18. The molecule has 0 spiro atoms. The van der Waals surface area contributed by atoms with Crippen molar-refractivity contribution in [1.82, 2.24) is 5.32 Å². The van der Waals surface area contributed by atoms with E-state index in [0.29, 0.717) is 0 Å². The van der Waals surface area contributed by atoms with Crippen LogP contribution in [0.1, 0.15) is 19.4 Å². The zero-order chi connectivity index (χ0) is 11.3. The van der Waals surface area contributed by atoms with Gasteiger partial charge in [-0.1, -0.05) is 30.3 Å². The van der Waals surface area contributed by atoms with Crippen molar-refractivity contribution in [2.24, 2.45) is 5.73 Å². The number of carbonyl (C=O) groups excluding carboxylic acids is 1. The molecule has 0 fully saturated rings. The van der Waals surface area contributed by atoms with Gasteiger partial charge in [-0.15, -0.1) is 0 Å². The van der Waals surface area contributed by atoms with Gasteiger partial charge in [-0.05, 0) is 25.8 Å². The third kappa shape index (κ3) is 4.13. The summed E-state index contributed by atoms with van der Waals surface area (Å²) < 4.78 is 0. The molecule has 0 saturated heterocycles. The number of hydrogen-bond acceptors (Lipinski definition) is 2. The monoisotopic (exact) mass is 206 g/mol.